The van der Waals surface area contributed by atoms with E-state index in [0.29, 0.717) is 10.9 Å². The molecule has 0 spiro atoms. The van der Waals surface area contributed by atoms with Crippen LogP contribution in [0.5, 0.6) is 0 Å². The Morgan fingerprint density at radius 3 is 2.92 bits per heavy atom. The normalized spacial score (nSPS) is 10.2. The Morgan fingerprint density at radius 1 is 1.77 bits per heavy atom. The average molecular weight is 218 g/mol. The monoisotopic (exact) mass is 218 g/mol. The van der Waals surface area contributed by atoms with Crippen molar-refractivity contribution in [1.82, 2.24) is 4.98 Å². The van der Waals surface area contributed by atoms with Crippen molar-refractivity contribution >= 4 is 34.2 Å². The zero-order chi connectivity index (χ0) is 9.84. The van der Waals surface area contributed by atoms with Gasteiger partial charge in [0.25, 0.3) is 0 Å². The highest BCUT2D eigenvalue weighted by Gasteiger charge is 2.06. The van der Waals surface area contributed by atoms with Crippen molar-refractivity contribution in [2.75, 3.05) is 11.5 Å². The van der Waals surface area contributed by atoms with E-state index in [1.54, 1.807) is 0 Å². The summed E-state index contributed by atoms with van der Waals surface area (Å²) in [6.45, 7) is 1.87. The Morgan fingerprint density at radius 2 is 2.46 bits per heavy atom. The van der Waals surface area contributed by atoms with E-state index in [-0.39, 0.29) is 6.42 Å². The fourth-order valence-corrected chi connectivity index (χ4v) is 2.79. The minimum absolute atomic E-state index is 0.169. The molecule has 0 aliphatic rings. The van der Waals surface area contributed by atoms with Crippen LogP contribution in [0, 0.1) is 6.92 Å². The Kier molecular flexibility index (Phi) is 3.56. The number of carboxylic acid groups (broad SMARTS) is 1. The Hall–Kier alpha value is -0.750. The highest BCUT2D eigenvalue weighted by atomic mass is 32.2. The molecule has 0 radical (unpaired) electrons. The van der Waals surface area contributed by atoms with Gasteiger partial charge < -0.3 is 10.8 Å². The molecule has 0 saturated carbocycles. The van der Waals surface area contributed by atoms with Gasteiger partial charge in [0.15, 0.2) is 5.13 Å². The summed E-state index contributed by atoms with van der Waals surface area (Å²) in [4.78, 5) is 14.3. The predicted octanol–water partition coefficient (Wildman–Crippen LogP) is 1.60. The second kappa shape index (κ2) is 4.48. The van der Waals surface area contributed by atoms with Gasteiger partial charge in [-0.05, 0) is 6.92 Å². The summed E-state index contributed by atoms with van der Waals surface area (Å²) >= 11 is 2.89. The molecule has 1 rings (SSSR count). The molecule has 0 amide bonds. The van der Waals surface area contributed by atoms with Gasteiger partial charge in [-0.25, -0.2) is 4.98 Å². The van der Waals surface area contributed by atoms with Crippen molar-refractivity contribution in [3.63, 3.8) is 0 Å². The molecule has 0 aliphatic carbocycles. The van der Waals surface area contributed by atoms with E-state index in [1.165, 1.54) is 23.1 Å². The predicted molar refractivity (Wildman–Crippen MR) is 54.2 cm³/mol. The highest BCUT2D eigenvalue weighted by molar-refractivity contribution is 8.01. The van der Waals surface area contributed by atoms with E-state index in [4.69, 9.17) is 10.8 Å². The summed E-state index contributed by atoms with van der Waals surface area (Å²) in [6.07, 6.45) is 0.169. The van der Waals surface area contributed by atoms with Gasteiger partial charge in [-0.1, -0.05) is 11.3 Å². The van der Waals surface area contributed by atoms with Crippen LogP contribution in [-0.4, -0.2) is 21.8 Å². The maximum absolute atomic E-state index is 10.2. The van der Waals surface area contributed by atoms with Crippen LogP contribution in [-0.2, 0) is 4.79 Å². The van der Waals surface area contributed by atoms with Crippen molar-refractivity contribution in [3.05, 3.63) is 5.69 Å². The third kappa shape index (κ3) is 3.23. The molecule has 0 aromatic carbocycles. The molecule has 1 heterocycles. The number of rotatable bonds is 4. The first kappa shape index (κ1) is 10.3. The number of hydrogen-bond donors (Lipinski definition) is 2. The lowest BCUT2D eigenvalue weighted by Crippen LogP contribution is -1.95. The Labute approximate surface area is 84.2 Å². The van der Waals surface area contributed by atoms with Gasteiger partial charge in [0.05, 0.1) is 16.3 Å². The SMILES string of the molecule is Cc1nc(N)sc1SCCC(=O)O. The molecule has 0 unspecified atom stereocenters. The highest BCUT2D eigenvalue weighted by Crippen LogP contribution is 2.30. The van der Waals surface area contributed by atoms with E-state index < -0.39 is 5.97 Å². The number of aromatic nitrogens is 1. The van der Waals surface area contributed by atoms with Crippen LogP contribution in [0.3, 0.4) is 0 Å². The average Bonchev–Trinajstić information content (AvgIpc) is 2.29. The lowest BCUT2D eigenvalue weighted by atomic mass is 10.5. The number of aryl methyl sites for hydroxylation is 1. The molecule has 0 fully saturated rings. The van der Waals surface area contributed by atoms with Crippen molar-refractivity contribution in [2.24, 2.45) is 0 Å². The van der Waals surface area contributed by atoms with Crippen LogP contribution >= 0.6 is 23.1 Å². The summed E-state index contributed by atoms with van der Waals surface area (Å²) in [5.74, 6) is -0.208. The number of hydrogen-bond acceptors (Lipinski definition) is 5. The number of carbonyl (C=O) groups is 1. The Balaban J connectivity index is 2.45. The number of anilines is 1. The van der Waals surface area contributed by atoms with Crippen LogP contribution in [0.2, 0.25) is 0 Å². The minimum Gasteiger partial charge on any atom is -0.481 e. The molecule has 1 aromatic heterocycles. The lowest BCUT2D eigenvalue weighted by molar-refractivity contribution is -0.136. The number of carboxylic acids is 1. The van der Waals surface area contributed by atoms with Gasteiger partial charge in [-0.2, -0.15) is 0 Å². The summed E-state index contributed by atoms with van der Waals surface area (Å²) in [5.41, 5.74) is 6.38. The number of thiazole rings is 1. The van der Waals surface area contributed by atoms with E-state index in [0.717, 1.165) is 9.90 Å². The number of thioether (sulfide) groups is 1. The maximum Gasteiger partial charge on any atom is 0.304 e. The summed E-state index contributed by atoms with van der Waals surface area (Å²) < 4.78 is 1.01. The zero-order valence-corrected chi connectivity index (χ0v) is 8.74. The topological polar surface area (TPSA) is 76.2 Å². The number of nitrogens with zero attached hydrogens (tertiary/aromatic N) is 1. The molecule has 1 aromatic rings. The van der Waals surface area contributed by atoms with E-state index >= 15 is 0 Å². The third-order valence-electron chi connectivity index (χ3n) is 1.32. The van der Waals surface area contributed by atoms with Crippen molar-refractivity contribution in [3.8, 4) is 0 Å². The second-order valence-corrected chi connectivity index (χ2v) is 4.81. The number of nitrogens with two attached hydrogens (primary N) is 1. The van der Waals surface area contributed by atoms with Crippen molar-refractivity contribution < 1.29 is 9.90 Å². The first-order chi connectivity index (χ1) is 6.09. The minimum atomic E-state index is -0.775. The molecule has 3 N–H and O–H groups in total. The number of aliphatic carboxylic acids is 1. The molecular formula is C7H10N2O2S2. The first-order valence-electron chi connectivity index (χ1n) is 3.67. The van der Waals surface area contributed by atoms with Crippen LogP contribution < -0.4 is 5.73 Å². The van der Waals surface area contributed by atoms with Crippen molar-refractivity contribution in [2.45, 2.75) is 17.6 Å². The fraction of sp³-hybridized carbons (Fsp3) is 0.429. The second-order valence-electron chi connectivity index (χ2n) is 2.42. The summed E-state index contributed by atoms with van der Waals surface area (Å²) in [7, 11) is 0. The third-order valence-corrected chi connectivity index (χ3v) is 3.67. The van der Waals surface area contributed by atoms with Crippen LogP contribution in [0.1, 0.15) is 12.1 Å². The standard InChI is InChI=1S/C7H10N2O2S2/c1-4-6(13-7(8)9-4)12-3-2-5(10)11/h2-3H2,1H3,(H2,8,9)(H,10,11). The molecule has 6 heteroatoms. The molecule has 0 bridgehead atoms. The van der Waals surface area contributed by atoms with Crippen LogP contribution in [0.25, 0.3) is 0 Å². The van der Waals surface area contributed by atoms with Gasteiger partial charge in [0.2, 0.25) is 0 Å². The van der Waals surface area contributed by atoms with Crippen LogP contribution in [0.4, 0.5) is 5.13 Å². The quantitative estimate of drug-likeness (QED) is 0.751. The van der Waals surface area contributed by atoms with Gasteiger partial charge >= 0.3 is 5.97 Å². The van der Waals surface area contributed by atoms with E-state index in [2.05, 4.69) is 4.98 Å². The molecule has 0 saturated heterocycles. The maximum atomic E-state index is 10.2. The van der Waals surface area contributed by atoms with Gasteiger partial charge in [-0.15, -0.1) is 11.8 Å². The molecule has 4 nitrogen and oxygen atoms in total. The summed E-state index contributed by atoms with van der Waals surface area (Å²) in [5, 5.41) is 8.95. The van der Waals surface area contributed by atoms with Gasteiger partial charge in [0.1, 0.15) is 0 Å². The molecule has 72 valence electrons. The molecule has 0 aliphatic heterocycles. The first-order valence-corrected chi connectivity index (χ1v) is 5.47. The van der Waals surface area contributed by atoms with Gasteiger partial charge in [-0.3, -0.25) is 4.79 Å². The molecular weight excluding hydrogens is 208 g/mol. The fourth-order valence-electron chi connectivity index (χ4n) is 0.768. The van der Waals surface area contributed by atoms with Crippen LogP contribution in [0.15, 0.2) is 4.21 Å². The lowest BCUT2D eigenvalue weighted by Gasteiger charge is -1.94. The molecule has 13 heavy (non-hydrogen) atoms. The van der Waals surface area contributed by atoms with Gasteiger partial charge in [0, 0.05) is 5.75 Å². The molecule has 0 atom stereocenters. The largest absolute Gasteiger partial charge is 0.481 e. The van der Waals surface area contributed by atoms with E-state index in [9.17, 15) is 4.79 Å². The van der Waals surface area contributed by atoms with E-state index in [1.807, 2.05) is 6.92 Å². The van der Waals surface area contributed by atoms with Crippen molar-refractivity contribution in [1.29, 1.82) is 0 Å². The smallest absolute Gasteiger partial charge is 0.304 e. The zero-order valence-electron chi connectivity index (χ0n) is 7.11. The number of nitrogen functional groups attached to an aromatic ring is 1. The summed E-state index contributed by atoms with van der Waals surface area (Å²) in [6, 6.07) is 0. The Bertz CT molecular complexity index is 311.